The van der Waals surface area contributed by atoms with E-state index in [-0.39, 0.29) is 11.7 Å². The molecular formula is C30H33N5O4S. The second-order valence-electron chi connectivity index (χ2n) is 10.3. The molecule has 9 nitrogen and oxygen atoms in total. The molecule has 0 amide bonds. The van der Waals surface area contributed by atoms with Gasteiger partial charge in [0.25, 0.3) is 0 Å². The van der Waals surface area contributed by atoms with Crippen LogP contribution in [0.1, 0.15) is 23.7 Å². The number of fused-ring (bicyclic) bond motifs is 1. The van der Waals surface area contributed by atoms with Crippen LogP contribution in [0.5, 0.6) is 0 Å². The van der Waals surface area contributed by atoms with Gasteiger partial charge < -0.3 is 29.1 Å². The first-order valence-corrected chi connectivity index (χ1v) is 14.5. The summed E-state index contributed by atoms with van der Waals surface area (Å²) in [4.78, 5) is 36.6. The van der Waals surface area contributed by atoms with Crippen LogP contribution in [0.4, 0.5) is 10.8 Å². The van der Waals surface area contributed by atoms with E-state index in [9.17, 15) is 14.7 Å². The molecule has 2 fully saturated rings. The molecule has 10 heteroatoms. The van der Waals surface area contributed by atoms with Crippen molar-refractivity contribution in [2.24, 2.45) is 0 Å². The third kappa shape index (κ3) is 5.10. The largest absolute Gasteiger partial charge is 0.477 e. The molecule has 0 radical (unpaired) electrons. The Balaban J connectivity index is 1.36. The van der Waals surface area contributed by atoms with E-state index in [0.717, 1.165) is 84.5 Å². The number of aromatic carboxylic acids is 1. The van der Waals surface area contributed by atoms with Gasteiger partial charge in [0, 0.05) is 70.0 Å². The summed E-state index contributed by atoms with van der Waals surface area (Å²) in [5.41, 5.74) is 3.48. The number of hydrogen-bond acceptors (Lipinski definition) is 8. The van der Waals surface area contributed by atoms with Gasteiger partial charge in [-0.15, -0.1) is 0 Å². The molecule has 1 N–H and O–H groups in total. The summed E-state index contributed by atoms with van der Waals surface area (Å²) in [6.45, 7) is 8.98. The lowest BCUT2D eigenvalue weighted by Crippen LogP contribution is -2.46. The highest BCUT2D eigenvalue weighted by atomic mass is 32.1. The molecule has 2 aliphatic rings. The summed E-state index contributed by atoms with van der Waals surface area (Å²) in [6.07, 6.45) is 2.66. The van der Waals surface area contributed by atoms with Crippen molar-refractivity contribution in [3.63, 3.8) is 0 Å². The van der Waals surface area contributed by atoms with Crippen LogP contribution in [0.2, 0.25) is 0 Å². The zero-order valence-electron chi connectivity index (χ0n) is 22.7. The standard InChI is InChI=1S/C30H33N5O4S/c1-3-32-12-14-33(15-13-32)30-31-25-9-8-22(16-28(25)40-30)35-19-24(29(37)38)27(36)17-26(35)20-4-6-21(7-5-20)34-11-10-23(18-34)39-2/h4-9,16-17,19,23H,3,10-15,18H2,1-2H3,(H,37,38). The maximum atomic E-state index is 12.8. The average Bonchev–Trinajstić information content (AvgIpc) is 3.64. The molecule has 2 aromatic heterocycles. The number of carbonyl (C=O) groups is 1. The molecule has 1 unspecified atom stereocenters. The van der Waals surface area contributed by atoms with E-state index in [1.165, 1.54) is 12.3 Å². The molecule has 4 heterocycles. The van der Waals surface area contributed by atoms with Gasteiger partial charge in [0.05, 0.1) is 22.0 Å². The fraction of sp³-hybridized carbons (Fsp3) is 0.367. The number of carboxylic acids is 1. The average molecular weight is 560 g/mol. The van der Waals surface area contributed by atoms with Gasteiger partial charge in [-0.05, 0) is 48.9 Å². The van der Waals surface area contributed by atoms with Crippen LogP contribution in [0, 0.1) is 0 Å². The number of anilines is 2. The van der Waals surface area contributed by atoms with Crippen LogP contribution < -0.4 is 15.2 Å². The van der Waals surface area contributed by atoms with Crippen molar-refractivity contribution in [2.45, 2.75) is 19.4 Å². The summed E-state index contributed by atoms with van der Waals surface area (Å²) in [5.74, 6) is -1.24. The molecule has 0 spiro atoms. The minimum Gasteiger partial charge on any atom is -0.477 e. The number of likely N-dealkylation sites (N-methyl/N-ethyl adjacent to an activating group) is 1. The van der Waals surface area contributed by atoms with Crippen LogP contribution in [0.15, 0.2) is 59.5 Å². The Morgan fingerprint density at radius 3 is 2.45 bits per heavy atom. The Morgan fingerprint density at radius 1 is 1.02 bits per heavy atom. The predicted molar refractivity (Wildman–Crippen MR) is 160 cm³/mol. The van der Waals surface area contributed by atoms with Crippen LogP contribution in [0.3, 0.4) is 0 Å². The molecule has 2 aromatic carbocycles. The van der Waals surface area contributed by atoms with Crippen LogP contribution >= 0.6 is 11.3 Å². The molecule has 0 saturated carbocycles. The van der Waals surface area contributed by atoms with Crippen molar-refractivity contribution < 1.29 is 14.6 Å². The van der Waals surface area contributed by atoms with Crippen molar-refractivity contribution in [2.75, 3.05) is 62.7 Å². The third-order valence-corrected chi connectivity index (χ3v) is 9.10. The first-order valence-electron chi connectivity index (χ1n) is 13.7. The molecule has 6 rings (SSSR count). The number of methoxy groups -OCH3 is 1. The van der Waals surface area contributed by atoms with Gasteiger partial charge in [0.15, 0.2) is 10.6 Å². The highest BCUT2D eigenvalue weighted by Crippen LogP contribution is 2.33. The van der Waals surface area contributed by atoms with Crippen molar-refractivity contribution >= 4 is 38.3 Å². The molecule has 0 bridgehead atoms. The molecule has 0 aliphatic carbocycles. The van der Waals surface area contributed by atoms with Gasteiger partial charge >= 0.3 is 5.97 Å². The summed E-state index contributed by atoms with van der Waals surface area (Å²) in [5, 5.41) is 10.7. The number of carboxylic acid groups (broad SMARTS) is 1. The number of aromatic nitrogens is 2. The lowest BCUT2D eigenvalue weighted by Gasteiger charge is -2.33. The number of thiazole rings is 1. The zero-order chi connectivity index (χ0) is 27.8. The van der Waals surface area contributed by atoms with E-state index in [1.807, 2.05) is 42.5 Å². The summed E-state index contributed by atoms with van der Waals surface area (Å²) in [6, 6.07) is 15.4. The number of rotatable bonds is 7. The monoisotopic (exact) mass is 559 g/mol. The van der Waals surface area contributed by atoms with E-state index in [4.69, 9.17) is 9.72 Å². The summed E-state index contributed by atoms with van der Waals surface area (Å²) in [7, 11) is 1.75. The van der Waals surface area contributed by atoms with Crippen molar-refractivity contribution in [3.05, 3.63) is 70.5 Å². The topological polar surface area (TPSA) is 91.1 Å². The van der Waals surface area contributed by atoms with E-state index in [1.54, 1.807) is 23.0 Å². The van der Waals surface area contributed by atoms with E-state index < -0.39 is 11.4 Å². The Morgan fingerprint density at radius 2 is 1.77 bits per heavy atom. The highest BCUT2D eigenvalue weighted by Gasteiger charge is 2.23. The maximum Gasteiger partial charge on any atom is 0.341 e. The highest BCUT2D eigenvalue weighted by molar-refractivity contribution is 7.22. The number of pyridine rings is 1. The van der Waals surface area contributed by atoms with Crippen LogP contribution in [0.25, 0.3) is 27.2 Å². The van der Waals surface area contributed by atoms with Crippen molar-refractivity contribution in [1.82, 2.24) is 14.5 Å². The van der Waals surface area contributed by atoms with Crippen LogP contribution in [-0.4, -0.2) is 84.6 Å². The van der Waals surface area contributed by atoms with Crippen molar-refractivity contribution in [1.29, 1.82) is 0 Å². The Hall–Kier alpha value is -3.73. The summed E-state index contributed by atoms with van der Waals surface area (Å²) < 4.78 is 8.32. The smallest absolute Gasteiger partial charge is 0.341 e. The lowest BCUT2D eigenvalue weighted by molar-refractivity contribution is 0.0695. The molecule has 4 aromatic rings. The fourth-order valence-corrected chi connectivity index (χ4v) is 6.62. The number of benzene rings is 2. The second kappa shape index (κ2) is 11.0. The number of piperazine rings is 1. The third-order valence-electron chi connectivity index (χ3n) is 8.02. The molecule has 2 aliphatic heterocycles. The van der Waals surface area contributed by atoms with E-state index in [2.05, 4.69) is 21.6 Å². The van der Waals surface area contributed by atoms with Gasteiger partial charge in [0.1, 0.15) is 5.56 Å². The molecule has 40 heavy (non-hydrogen) atoms. The van der Waals surface area contributed by atoms with Gasteiger partial charge in [-0.1, -0.05) is 30.4 Å². The second-order valence-corrected chi connectivity index (χ2v) is 11.3. The molecular weight excluding hydrogens is 526 g/mol. The maximum absolute atomic E-state index is 12.8. The van der Waals surface area contributed by atoms with E-state index >= 15 is 0 Å². The Bertz CT molecular complexity index is 1590. The molecule has 1 atom stereocenters. The first kappa shape index (κ1) is 26.5. The number of nitrogens with zero attached hydrogens (tertiary/aromatic N) is 5. The van der Waals surface area contributed by atoms with Crippen LogP contribution in [-0.2, 0) is 4.74 Å². The quantitative estimate of drug-likeness (QED) is 0.361. The molecule has 208 valence electrons. The summed E-state index contributed by atoms with van der Waals surface area (Å²) >= 11 is 1.64. The van der Waals surface area contributed by atoms with Gasteiger partial charge in [-0.2, -0.15) is 0 Å². The van der Waals surface area contributed by atoms with Gasteiger partial charge in [0.2, 0.25) is 0 Å². The lowest BCUT2D eigenvalue weighted by atomic mass is 10.1. The van der Waals surface area contributed by atoms with Gasteiger partial charge in [-0.3, -0.25) is 4.79 Å². The predicted octanol–water partition coefficient (Wildman–Crippen LogP) is 4.18. The molecule has 2 saturated heterocycles. The minimum absolute atomic E-state index is 0.233. The fourth-order valence-electron chi connectivity index (χ4n) is 5.57. The zero-order valence-corrected chi connectivity index (χ0v) is 23.6. The first-order chi connectivity index (χ1) is 19.4. The minimum atomic E-state index is -1.24. The normalized spacial score (nSPS) is 18.1. The Labute approximate surface area is 236 Å². The number of ether oxygens (including phenoxy) is 1. The SMILES string of the molecule is CCN1CCN(c2nc3ccc(-n4cc(C(=O)O)c(=O)cc4-c4ccc(N5CCC(OC)C5)cc4)cc3s2)CC1. The Kier molecular flexibility index (Phi) is 7.31. The van der Waals surface area contributed by atoms with Crippen molar-refractivity contribution in [3.8, 4) is 16.9 Å². The number of hydrogen-bond donors (Lipinski definition) is 1. The van der Waals surface area contributed by atoms with E-state index in [0.29, 0.717) is 5.69 Å². The van der Waals surface area contributed by atoms with Gasteiger partial charge in [-0.25, -0.2) is 9.78 Å².